The summed E-state index contributed by atoms with van der Waals surface area (Å²) in [6.07, 6.45) is -0.535. The first-order valence-corrected chi connectivity index (χ1v) is 9.57. The summed E-state index contributed by atoms with van der Waals surface area (Å²) in [6.45, 7) is 10.1. The second kappa shape index (κ2) is 11.5. The first-order chi connectivity index (χ1) is 12.9. The van der Waals surface area contributed by atoms with Crippen LogP contribution >= 0.6 is 15.9 Å². The number of halogens is 1. The van der Waals surface area contributed by atoms with Crippen LogP contribution in [-0.2, 0) is 14.3 Å². The molecular weight excluding hydrogens is 432 g/mol. The van der Waals surface area contributed by atoms with Gasteiger partial charge < -0.3 is 20.9 Å². The second-order valence-electron chi connectivity index (χ2n) is 6.51. The topological polar surface area (TPSA) is 138 Å². The molecule has 0 aromatic carbocycles. The highest BCUT2D eigenvalue weighted by Gasteiger charge is 2.33. The molecule has 0 radical (unpaired) electrons. The third kappa shape index (κ3) is 8.55. The largest absolute Gasteiger partial charge is 0.476 e. The zero-order valence-corrected chi connectivity index (χ0v) is 18.6. The summed E-state index contributed by atoms with van der Waals surface area (Å²) in [5.74, 6) is -1.33. The van der Waals surface area contributed by atoms with E-state index in [1.807, 2.05) is 13.8 Å². The van der Waals surface area contributed by atoms with Gasteiger partial charge in [-0.1, -0.05) is 13.8 Å². The van der Waals surface area contributed by atoms with Crippen LogP contribution in [0, 0.1) is 0 Å². The monoisotopic (exact) mass is 460 g/mol. The first kappa shape index (κ1) is 25.6. The number of ether oxygens (including phenoxy) is 2. The Morgan fingerprint density at radius 2 is 1.79 bits per heavy atom. The van der Waals surface area contributed by atoms with E-state index in [4.69, 9.17) is 20.9 Å². The maximum atomic E-state index is 12.4. The summed E-state index contributed by atoms with van der Waals surface area (Å²) in [7, 11) is 0. The molecule has 0 spiro atoms. The Morgan fingerprint density at radius 3 is 2.21 bits per heavy atom. The third-order valence-corrected chi connectivity index (χ3v) is 3.78. The van der Waals surface area contributed by atoms with Crippen LogP contribution in [0.25, 0.3) is 0 Å². The Bertz CT molecular complexity index is 678. The Balaban J connectivity index is 0.00000352. The predicted octanol–water partition coefficient (Wildman–Crippen LogP) is 2.21. The van der Waals surface area contributed by atoms with E-state index in [0.717, 1.165) is 4.90 Å². The van der Waals surface area contributed by atoms with Crippen LogP contribution in [-0.4, -0.2) is 52.1 Å². The Morgan fingerprint density at radius 1 is 1.21 bits per heavy atom. The van der Waals surface area contributed by atoms with Gasteiger partial charge in [0.1, 0.15) is 16.2 Å². The summed E-state index contributed by atoms with van der Waals surface area (Å²) in [6, 6.07) is 2.14. The first-order valence-electron chi connectivity index (χ1n) is 8.77. The number of primary amides is 2. The fourth-order valence-electron chi connectivity index (χ4n) is 1.84. The molecule has 10 heteroatoms. The smallest absolute Gasteiger partial charge is 0.411 e. The summed E-state index contributed by atoms with van der Waals surface area (Å²) < 4.78 is 11.2. The van der Waals surface area contributed by atoms with Crippen molar-refractivity contribution >= 4 is 33.8 Å². The quantitative estimate of drug-likeness (QED) is 0.597. The van der Waals surface area contributed by atoms with E-state index in [1.54, 1.807) is 32.9 Å². The number of amides is 3. The van der Waals surface area contributed by atoms with Gasteiger partial charge in [-0.15, -0.1) is 0 Å². The van der Waals surface area contributed by atoms with Gasteiger partial charge in [0.05, 0.1) is 6.54 Å². The van der Waals surface area contributed by atoms with Crippen LogP contribution < -0.4 is 16.2 Å². The molecule has 0 saturated heterocycles. The second-order valence-corrected chi connectivity index (χ2v) is 7.26. The van der Waals surface area contributed by atoms with Crippen LogP contribution in [0.4, 0.5) is 4.79 Å². The van der Waals surface area contributed by atoms with E-state index in [2.05, 4.69) is 20.9 Å². The normalized spacial score (nSPS) is 12.7. The van der Waals surface area contributed by atoms with Crippen molar-refractivity contribution in [1.29, 1.82) is 0 Å². The number of hydrogen-bond acceptors (Lipinski definition) is 6. The highest BCUT2D eigenvalue weighted by molar-refractivity contribution is 9.10. The van der Waals surface area contributed by atoms with Gasteiger partial charge in [0, 0.05) is 6.20 Å². The van der Waals surface area contributed by atoms with E-state index in [0.29, 0.717) is 4.60 Å². The van der Waals surface area contributed by atoms with Crippen molar-refractivity contribution in [2.45, 2.75) is 59.3 Å². The molecule has 2 unspecified atom stereocenters. The van der Waals surface area contributed by atoms with Crippen LogP contribution in [0.2, 0.25) is 0 Å². The maximum absolute atomic E-state index is 12.4. The average Bonchev–Trinajstić information content (AvgIpc) is 2.59. The van der Waals surface area contributed by atoms with Crippen molar-refractivity contribution in [3.63, 3.8) is 0 Å². The molecule has 1 aromatic heterocycles. The summed E-state index contributed by atoms with van der Waals surface area (Å²) in [5.41, 5.74) is 9.89. The standard InChI is InChI=1S/C16H23BrN4O5.C2H6/c1-9(13(18)22)21(15(24)26-16(2,3)4)8-11(14(19)23)25-10-6-5-7-20-12(10)17;1-2/h5-7,9,11H,8H2,1-4H3,(H2,18,22)(H2,19,23);1-2H3. The third-order valence-electron chi connectivity index (χ3n) is 3.18. The number of nitrogens with two attached hydrogens (primary N) is 2. The Hall–Kier alpha value is -2.36. The number of aromatic nitrogens is 1. The van der Waals surface area contributed by atoms with Crippen molar-refractivity contribution < 1.29 is 23.9 Å². The number of carbonyl (C=O) groups excluding carboxylic acids is 3. The zero-order chi connectivity index (χ0) is 22.1. The molecule has 158 valence electrons. The lowest BCUT2D eigenvalue weighted by Gasteiger charge is -2.32. The number of pyridine rings is 1. The van der Waals surface area contributed by atoms with Gasteiger partial charge >= 0.3 is 6.09 Å². The highest BCUT2D eigenvalue weighted by atomic mass is 79.9. The van der Waals surface area contributed by atoms with E-state index >= 15 is 0 Å². The molecule has 0 fully saturated rings. The molecule has 1 aromatic rings. The van der Waals surface area contributed by atoms with Crippen LogP contribution in [0.1, 0.15) is 41.5 Å². The van der Waals surface area contributed by atoms with Gasteiger partial charge in [-0.05, 0) is 55.8 Å². The molecular formula is C18H29BrN4O5. The molecule has 0 saturated carbocycles. The molecule has 0 aliphatic heterocycles. The molecule has 9 nitrogen and oxygen atoms in total. The number of rotatable bonds is 7. The summed E-state index contributed by atoms with van der Waals surface area (Å²) in [5, 5.41) is 0. The molecule has 2 atom stereocenters. The van der Waals surface area contributed by atoms with Gasteiger partial charge in [-0.25, -0.2) is 9.78 Å². The van der Waals surface area contributed by atoms with Gasteiger partial charge in [-0.3, -0.25) is 14.5 Å². The van der Waals surface area contributed by atoms with E-state index in [1.165, 1.54) is 13.1 Å². The van der Waals surface area contributed by atoms with Gasteiger partial charge in [0.25, 0.3) is 5.91 Å². The molecule has 0 aliphatic carbocycles. The Labute approximate surface area is 173 Å². The lowest BCUT2D eigenvalue weighted by atomic mass is 10.2. The minimum Gasteiger partial charge on any atom is -0.476 e. The van der Waals surface area contributed by atoms with Gasteiger partial charge in [0.15, 0.2) is 11.9 Å². The van der Waals surface area contributed by atoms with Crippen molar-refractivity contribution in [3.8, 4) is 5.75 Å². The Kier molecular flexibility index (Phi) is 10.5. The van der Waals surface area contributed by atoms with E-state index in [-0.39, 0.29) is 12.3 Å². The molecule has 3 amide bonds. The van der Waals surface area contributed by atoms with E-state index < -0.39 is 35.7 Å². The number of carbonyl (C=O) groups is 3. The zero-order valence-electron chi connectivity index (χ0n) is 17.1. The fourth-order valence-corrected chi connectivity index (χ4v) is 2.19. The minimum atomic E-state index is -1.25. The lowest BCUT2D eigenvalue weighted by Crippen LogP contribution is -2.53. The van der Waals surface area contributed by atoms with Crippen LogP contribution in [0.5, 0.6) is 5.75 Å². The minimum absolute atomic E-state index is 0.257. The van der Waals surface area contributed by atoms with Gasteiger partial charge in [0.2, 0.25) is 5.91 Å². The molecule has 0 bridgehead atoms. The molecule has 4 N–H and O–H groups in total. The lowest BCUT2D eigenvalue weighted by molar-refractivity contribution is -0.128. The van der Waals surface area contributed by atoms with Crippen molar-refractivity contribution in [2.75, 3.05) is 6.54 Å². The van der Waals surface area contributed by atoms with Crippen LogP contribution in [0.3, 0.4) is 0 Å². The molecule has 1 rings (SSSR count). The van der Waals surface area contributed by atoms with Crippen molar-refractivity contribution in [2.24, 2.45) is 11.5 Å². The SMILES string of the molecule is CC.CC(C(N)=O)N(CC(Oc1cccnc1Br)C(N)=O)C(=O)OC(C)(C)C. The summed E-state index contributed by atoms with van der Waals surface area (Å²) >= 11 is 3.19. The maximum Gasteiger partial charge on any atom is 0.411 e. The van der Waals surface area contributed by atoms with Crippen molar-refractivity contribution in [1.82, 2.24) is 9.88 Å². The molecule has 1 heterocycles. The summed E-state index contributed by atoms with van der Waals surface area (Å²) in [4.78, 5) is 40.8. The fraction of sp³-hybridized carbons (Fsp3) is 0.556. The highest BCUT2D eigenvalue weighted by Crippen LogP contribution is 2.23. The van der Waals surface area contributed by atoms with Gasteiger partial charge in [-0.2, -0.15) is 0 Å². The predicted molar refractivity (Wildman–Crippen MR) is 108 cm³/mol. The molecule has 28 heavy (non-hydrogen) atoms. The molecule has 0 aliphatic rings. The van der Waals surface area contributed by atoms with E-state index in [9.17, 15) is 14.4 Å². The van der Waals surface area contributed by atoms with Crippen LogP contribution in [0.15, 0.2) is 22.9 Å². The number of hydrogen-bond donors (Lipinski definition) is 2. The van der Waals surface area contributed by atoms with Crippen molar-refractivity contribution in [3.05, 3.63) is 22.9 Å². The number of nitrogens with zero attached hydrogens (tertiary/aromatic N) is 2. The average molecular weight is 461 g/mol.